The molecule has 1 fully saturated rings. The number of nitrogens with zero attached hydrogens (tertiary/aromatic N) is 5. The maximum Gasteiger partial charge on any atom is 0.410 e. The van der Waals surface area contributed by atoms with Gasteiger partial charge in [0.2, 0.25) is 5.75 Å². The van der Waals surface area contributed by atoms with E-state index in [0.29, 0.717) is 47.0 Å². The number of hydrogen-bond acceptors (Lipinski definition) is 8. The molecule has 11 heteroatoms. The Bertz CT molecular complexity index is 988. The SMILES string of the molecule is CC(C)(C)OC(=O)N1CCC(N2CCCOc3c(Nc4c(Cl)cncc4Cl)ncnc32)CC1. The molecule has 0 bridgehead atoms. The highest BCUT2D eigenvalue weighted by molar-refractivity contribution is 6.39. The van der Waals surface area contributed by atoms with Crippen LogP contribution in [0.3, 0.4) is 0 Å². The molecule has 0 aliphatic carbocycles. The Morgan fingerprint density at radius 3 is 2.52 bits per heavy atom. The highest BCUT2D eigenvalue weighted by Crippen LogP contribution is 2.40. The molecule has 0 atom stereocenters. The van der Waals surface area contributed by atoms with Crippen molar-refractivity contribution < 1.29 is 14.3 Å². The number of amides is 1. The van der Waals surface area contributed by atoms with Gasteiger partial charge in [0.15, 0.2) is 11.6 Å². The molecule has 2 aliphatic rings. The standard InChI is InChI=1S/C22H28Cl2N6O3/c1-22(2,3)33-21(31)29-8-5-14(6-9-29)30-7-4-10-32-18-19(26-13-27-20(18)30)28-17-15(23)11-25-12-16(17)24/h11-14H,4-10H2,1-3H3,(H,25,26,27,28). The van der Waals surface area contributed by atoms with Crippen molar-refractivity contribution in [3.05, 3.63) is 28.8 Å². The summed E-state index contributed by atoms with van der Waals surface area (Å²) in [5, 5.41) is 3.96. The molecule has 1 amide bonds. The Balaban J connectivity index is 1.52. The van der Waals surface area contributed by atoms with E-state index in [9.17, 15) is 4.79 Å². The lowest BCUT2D eigenvalue weighted by Crippen LogP contribution is -2.48. The summed E-state index contributed by atoms with van der Waals surface area (Å²) in [4.78, 5) is 29.4. The van der Waals surface area contributed by atoms with E-state index in [0.717, 1.165) is 31.6 Å². The van der Waals surface area contributed by atoms with Crippen molar-refractivity contribution in [3.8, 4) is 5.75 Å². The van der Waals surface area contributed by atoms with Crippen LogP contribution in [0.1, 0.15) is 40.0 Å². The fourth-order valence-electron chi connectivity index (χ4n) is 4.00. The number of carbonyl (C=O) groups excluding carboxylic acids is 1. The van der Waals surface area contributed by atoms with E-state index in [4.69, 9.17) is 32.7 Å². The zero-order chi connectivity index (χ0) is 23.6. The van der Waals surface area contributed by atoms with Crippen molar-refractivity contribution in [3.63, 3.8) is 0 Å². The van der Waals surface area contributed by atoms with Gasteiger partial charge in [-0.15, -0.1) is 0 Å². The number of carbonyl (C=O) groups is 1. The summed E-state index contributed by atoms with van der Waals surface area (Å²) in [6, 6.07) is 0.222. The number of anilines is 3. The second-order valence-corrected chi connectivity index (χ2v) is 9.89. The zero-order valence-corrected chi connectivity index (χ0v) is 20.5. The predicted molar refractivity (Wildman–Crippen MR) is 128 cm³/mol. The minimum absolute atomic E-state index is 0.222. The van der Waals surface area contributed by atoms with E-state index < -0.39 is 5.60 Å². The first kappa shape index (κ1) is 23.6. The lowest BCUT2D eigenvalue weighted by Gasteiger charge is -2.39. The van der Waals surface area contributed by atoms with Crippen molar-refractivity contribution in [2.24, 2.45) is 0 Å². The summed E-state index contributed by atoms with van der Waals surface area (Å²) >= 11 is 12.6. The maximum atomic E-state index is 12.4. The van der Waals surface area contributed by atoms with Crippen LogP contribution in [0.5, 0.6) is 5.75 Å². The van der Waals surface area contributed by atoms with Crippen LogP contribution < -0.4 is 15.0 Å². The van der Waals surface area contributed by atoms with Gasteiger partial charge in [-0.2, -0.15) is 0 Å². The number of hydrogen-bond donors (Lipinski definition) is 1. The van der Waals surface area contributed by atoms with Gasteiger partial charge in [0.05, 0.1) is 22.3 Å². The van der Waals surface area contributed by atoms with Crippen molar-refractivity contribution in [1.29, 1.82) is 0 Å². The molecule has 178 valence electrons. The molecule has 1 N–H and O–H groups in total. The van der Waals surface area contributed by atoms with Gasteiger partial charge in [0.1, 0.15) is 11.9 Å². The van der Waals surface area contributed by atoms with Gasteiger partial charge < -0.3 is 24.6 Å². The quantitative estimate of drug-likeness (QED) is 0.642. The molecule has 0 unspecified atom stereocenters. The van der Waals surface area contributed by atoms with Gasteiger partial charge in [0, 0.05) is 38.1 Å². The molecule has 1 saturated heterocycles. The number of nitrogens with one attached hydrogen (secondary N) is 1. The van der Waals surface area contributed by atoms with Gasteiger partial charge in [0.25, 0.3) is 0 Å². The molecule has 0 spiro atoms. The molecule has 33 heavy (non-hydrogen) atoms. The molecule has 0 radical (unpaired) electrons. The van der Waals surface area contributed by atoms with E-state index in [1.165, 1.54) is 18.7 Å². The first-order chi connectivity index (χ1) is 15.7. The summed E-state index contributed by atoms with van der Waals surface area (Å²) in [7, 11) is 0. The third kappa shape index (κ3) is 5.52. The van der Waals surface area contributed by atoms with Crippen LogP contribution >= 0.6 is 23.2 Å². The number of piperidine rings is 1. The third-order valence-corrected chi connectivity index (χ3v) is 6.07. The van der Waals surface area contributed by atoms with Crippen molar-refractivity contribution in [2.75, 3.05) is 36.5 Å². The van der Waals surface area contributed by atoms with E-state index in [2.05, 4.69) is 25.2 Å². The fraction of sp³-hybridized carbons (Fsp3) is 0.545. The molecule has 2 aromatic rings. The van der Waals surface area contributed by atoms with Gasteiger partial charge in [-0.3, -0.25) is 4.98 Å². The van der Waals surface area contributed by atoms with E-state index >= 15 is 0 Å². The number of halogens is 2. The molecule has 4 rings (SSSR count). The molecule has 2 aromatic heterocycles. The van der Waals surface area contributed by atoms with Crippen LogP contribution in [-0.4, -0.2) is 63.8 Å². The van der Waals surface area contributed by atoms with Crippen LogP contribution in [0.4, 0.5) is 22.1 Å². The highest BCUT2D eigenvalue weighted by atomic mass is 35.5. The monoisotopic (exact) mass is 494 g/mol. The summed E-state index contributed by atoms with van der Waals surface area (Å²) in [5.74, 6) is 1.78. The smallest absolute Gasteiger partial charge is 0.410 e. The Morgan fingerprint density at radius 1 is 1.15 bits per heavy atom. The third-order valence-electron chi connectivity index (χ3n) is 5.50. The number of aromatic nitrogens is 3. The fourth-order valence-corrected chi connectivity index (χ4v) is 4.46. The van der Waals surface area contributed by atoms with Gasteiger partial charge in [-0.1, -0.05) is 23.2 Å². The summed E-state index contributed by atoms with van der Waals surface area (Å²) in [6.07, 6.45) is 6.74. The number of rotatable bonds is 3. The Kier molecular flexibility index (Phi) is 6.99. The molecule has 4 heterocycles. The highest BCUT2D eigenvalue weighted by Gasteiger charge is 2.33. The first-order valence-corrected chi connectivity index (χ1v) is 11.8. The molecular formula is C22H28Cl2N6O3. The zero-order valence-electron chi connectivity index (χ0n) is 19.0. The Labute approximate surface area is 203 Å². The van der Waals surface area contributed by atoms with Gasteiger partial charge in [-0.25, -0.2) is 14.8 Å². The molecule has 9 nitrogen and oxygen atoms in total. The molecular weight excluding hydrogens is 467 g/mol. The van der Waals surface area contributed by atoms with Crippen molar-refractivity contribution >= 4 is 46.6 Å². The first-order valence-electron chi connectivity index (χ1n) is 11.0. The topological polar surface area (TPSA) is 92.7 Å². The van der Waals surface area contributed by atoms with E-state index in [1.54, 1.807) is 4.90 Å². The number of likely N-dealkylation sites (tertiary alicyclic amines) is 1. The normalized spacial score (nSPS) is 17.1. The van der Waals surface area contributed by atoms with Crippen molar-refractivity contribution in [2.45, 2.75) is 51.7 Å². The summed E-state index contributed by atoms with van der Waals surface area (Å²) < 4.78 is 11.6. The average Bonchev–Trinajstić information content (AvgIpc) is 2.98. The molecule has 2 aliphatic heterocycles. The van der Waals surface area contributed by atoms with Crippen molar-refractivity contribution in [1.82, 2.24) is 19.9 Å². The second-order valence-electron chi connectivity index (χ2n) is 9.07. The van der Waals surface area contributed by atoms with Gasteiger partial charge in [-0.05, 0) is 40.0 Å². The lowest BCUT2D eigenvalue weighted by molar-refractivity contribution is 0.0204. The van der Waals surface area contributed by atoms with Crippen LogP contribution in [-0.2, 0) is 4.74 Å². The van der Waals surface area contributed by atoms with Crippen LogP contribution in [0.15, 0.2) is 18.7 Å². The minimum Gasteiger partial charge on any atom is -0.486 e. The Hall–Kier alpha value is -2.52. The average molecular weight is 495 g/mol. The second kappa shape index (κ2) is 9.77. The minimum atomic E-state index is -0.504. The van der Waals surface area contributed by atoms with Gasteiger partial charge >= 0.3 is 6.09 Å². The summed E-state index contributed by atoms with van der Waals surface area (Å²) in [5.41, 5.74) is 0.00920. The molecule has 0 saturated carbocycles. The maximum absolute atomic E-state index is 12.4. The van der Waals surface area contributed by atoms with Crippen LogP contribution in [0, 0.1) is 0 Å². The number of ether oxygens (including phenoxy) is 2. The van der Waals surface area contributed by atoms with E-state index in [1.807, 2.05) is 20.8 Å². The predicted octanol–water partition coefficient (Wildman–Crippen LogP) is 4.91. The van der Waals surface area contributed by atoms with E-state index in [-0.39, 0.29) is 12.1 Å². The lowest BCUT2D eigenvalue weighted by atomic mass is 10.0. The number of pyridine rings is 1. The largest absolute Gasteiger partial charge is 0.486 e. The molecule has 0 aromatic carbocycles. The van der Waals surface area contributed by atoms with Crippen LogP contribution in [0.2, 0.25) is 10.0 Å². The van der Waals surface area contributed by atoms with Crippen LogP contribution in [0.25, 0.3) is 0 Å². The Morgan fingerprint density at radius 2 is 1.85 bits per heavy atom. The summed E-state index contributed by atoms with van der Waals surface area (Å²) in [6.45, 7) is 8.24. The number of fused-ring (bicyclic) bond motifs is 1.